The van der Waals surface area contributed by atoms with Crippen LogP contribution in [0.15, 0.2) is 29.3 Å². The molecule has 0 spiro atoms. The molecule has 20 heavy (non-hydrogen) atoms. The zero-order valence-electron chi connectivity index (χ0n) is 12.1. The van der Waals surface area contributed by atoms with Gasteiger partial charge in [-0.25, -0.2) is 0 Å². The first kappa shape index (κ1) is 13.8. The topological polar surface area (TPSA) is 33.6 Å². The van der Waals surface area contributed by atoms with E-state index in [-0.39, 0.29) is 6.10 Å². The Morgan fingerprint density at radius 1 is 1.25 bits per heavy atom. The minimum atomic E-state index is 0.214. The van der Waals surface area contributed by atoms with Crippen molar-refractivity contribution in [2.24, 2.45) is 10.9 Å². The molecule has 2 atom stereocenters. The summed E-state index contributed by atoms with van der Waals surface area (Å²) in [7, 11) is 0. The van der Waals surface area contributed by atoms with E-state index in [4.69, 9.17) is 9.73 Å². The number of thioether (sulfide) groups is 1. The summed E-state index contributed by atoms with van der Waals surface area (Å²) in [5.41, 5.74) is 1.09. The first-order valence-corrected chi connectivity index (χ1v) is 8.43. The van der Waals surface area contributed by atoms with Crippen LogP contribution in [0.5, 0.6) is 5.75 Å². The lowest BCUT2D eigenvalue weighted by Gasteiger charge is -2.23. The molecule has 3 rings (SSSR count). The first-order chi connectivity index (χ1) is 9.70. The third kappa shape index (κ3) is 3.29. The van der Waals surface area contributed by atoms with Gasteiger partial charge in [0.1, 0.15) is 5.75 Å². The molecule has 0 saturated heterocycles. The Bertz CT molecular complexity index is 484. The van der Waals surface area contributed by atoms with Crippen molar-refractivity contribution in [3.63, 3.8) is 0 Å². The van der Waals surface area contributed by atoms with Crippen LogP contribution in [0.2, 0.25) is 0 Å². The van der Waals surface area contributed by atoms with E-state index in [1.54, 1.807) is 0 Å². The van der Waals surface area contributed by atoms with Gasteiger partial charge >= 0.3 is 0 Å². The molecule has 1 aromatic carbocycles. The molecule has 1 fully saturated rings. The third-order valence-corrected chi connectivity index (χ3v) is 4.89. The second-order valence-electron chi connectivity index (χ2n) is 5.82. The van der Waals surface area contributed by atoms with Crippen LogP contribution in [0.4, 0.5) is 5.69 Å². The number of hydrogen-bond donors (Lipinski definition) is 1. The molecular weight excluding hydrogens is 268 g/mol. The maximum Gasteiger partial charge on any atom is 0.161 e. The Morgan fingerprint density at radius 2 is 2.05 bits per heavy atom. The van der Waals surface area contributed by atoms with Crippen molar-refractivity contribution >= 4 is 22.6 Å². The van der Waals surface area contributed by atoms with Crippen LogP contribution in [0, 0.1) is 5.92 Å². The average Bonchev–Trinajstić information content (AvgIpc) is 2.88. The van der Waals surface area contributed by atoms with E-state index in [1.165, 1.54) is 25.0 Å². The van der Waals surface area contributed by atoms with Crippen molar-refractivity contribution in [2.45, 2.75) is 45.3 Å². The summed E-state index contributed by atoms with van der Waals surface area (Å²) in [5.74, 6) is 2.94. The first-order valence-electron chi connectivity index (χ1n) is 7.45. The summed E-state index contributed by atoms with van der Waals surface area (Å²) in [4.78, 5) is 4.85. The van der Waals surface area contributed by atoms with Gasteiger partial charge in [-0.05, 0) is 56.9 Å². The van der Waals surface area contributed by atoms with E-state index < -0.39 is 0 Å². The molecule has 4 heteroatoms. The van der Waals surface area contributed by atoms with Crippen molar-refractivity contribution in [2.75, 3.05) is 11.1 Å². The Balaban J connectivity index is 1.63. The Labute approximate surface area is 125 Å². The number of nitrogens with zero attached hydrogens (tertiary/aromatic N) is 1. The molecule has 0 amide bonds. The third-order valence-electron chi connectivity index (χ3n) is 3.81. The molecule has 2 aliphatic rings. The van der Waals surface area contributed by atoms with Crippen LogP contribution in [-0.2, 0) is 0 Å². The molecule has 1 heterocycles. The molecule has 1 aliphatic carbocycles. The van der Waals surface area contributed by atoms with E-state index in [0.717, 1.165) is 22.5 Å². The molecule has 0 bridgehead atoms. The highest BCUT2D eigenvalue weighted by Crippen LogP contribution is 2.35. The van der Waals surface area contributed by atoms with Gasteiger partial charge in [0.15, 0.2) is 5.17 Å². The zero-order chi connectivity index (χ0) is 13.9. The number of fused-ring (bicyclic) bond motifs is 1. The van der Waals surface area contributed by atoms with E-state index in [2.05, 4.69) is 17.4 Å². The van der Waals surface area contributed by atoms with Gasteiger partial charge in [0.2, 0.25) is 0 Å². The molecule has 1 aromatic rings. The number of hydrogen-bond acceptors (Lipinski definition) is 4. The SMILES string of the molecule is CC(C)Oc1ccc(NC2=NC3CCCC3CS2)cc1. The van der Waals surface area contributed by atoms with E-state index in [0.29, 0.717) is 6.04 Å². The highest BCUT2D eigenvalue weighted by atomic mass is 32.2. The monoisotopic (exact) mass is 290 g/mol. The highest BCUT2D eigenvalue weighted by Gasteiger charge is 2.30. The van der Waals surface area contributed by atoms with E-state index >= 15 is 0 Å². The van der Waals surface area contributed by atoms with Gasteiger partial charge in [0.25, 0.3) is 0 Å². The van der Waals surface area contributed by atoms with Crippen LogP contribution in [0.1, 0.15) is 33.1 Å². The summed E-state index contributed by atoms with van der Waals surface area (Å²) in [6.45, 7) is 4.08. The minimum Gasteiger partial charge on any atom is -0.491 e. The predicted octanol–water partition coefficient (Wildman–Crippen LogP) is 4.16. The van der Waals surface area contributed by atoms with Crippen LogP contribution in [-0.4, -0.2) is 23.1 Å². The van der Waals surface area contributed by atoms with Gasteiger partial charge in [-0.3, -0.25) is 4.99 Å². The van der Waals surface area contributed by atoms with Crippen LogP contribution in [0.25, 0.3) is 0 Å². The second-order valence-corrected chi connectivity index (χ2v) is 6.83. The number of anilines is 1. The zero-order valence-corrected chi connectivity index (χ0v) is 13.0. The van der Waals surface area contributed by atoms with Crippen molar-refractivity contribution in [1.82, 2.24) is 0 Å². The fraction of sp³-hybridized carbons (Fsp3) is 0.562. The standard InChI is InChI=1S/C16H22N2OS/c1-11(2)19-14-8-6-13(7-9-14)17-16-18-15-5-3-4-12(15)10-20-16/h6-9,11-12,15H,3-5,10H2,1-2H3,(H,17,18). The number of aliphatic imine (C=N–C) groups is 1. The molecule has 2 unspecified atom stereocenters. The molecule has 1 aliphatic heterocycles. The van der Waals surface area contributed by atoms with Gasteiger partial charge in [-0.15, -0.1) is 0 Å². The van der Waals surface area contributed by atoms with Crippen molar-refractivity contribution in [1.29, 1.82) is 0 Å². The summed E-state index contributed by atoms with van der Waals surface area (Å²) < 4.78 is 5.65. The predicted molar refractivity (Wildman–Crippen MR) is 86.9 cm³/mol. The fourth-order valence-corrected chi connectivity index (χ4v) is 4.00. The van der Waals surface area contributed by atoms with Gasteiger partial charge in [0, 0.05) is 11.4 Å². The Morgan fingerprint density at radius 3 is 2.80 bits per heavy atom. The molecular formula is C16H22N2OS. The molecule has 0 radical (unpaired) electrons. The van der Waals surface area contributed by atoms with Crippen LogP contribution < -0.4 is 10.1 Å². The van der Waals surface area contributed by atoms with E-state index in [1.807, 2.05) is 37.7 Å². The number of amidine groups is 1. The van der Waals surface area contributed by atoms with Gasteiger partial charge in [-0.2, -0.15) is 0 Å². The lowest BCUT2D eigenvalue weighted by atomic mass is 10.1. The number of nitrogens with one attached hydrogen (secondary N) is 1. The van der Waals surface area contributed by atoms with Gasteiger partial charge in [0.05, 0.1) is 12.1 Å². The largest absolute Gasteiger partial charge is 0.491 e. The molecule has 1 saturated carbocycles. The lowest BCUT2D eigenvalue weighted by Crippen LogP contribution is -2.25. The number of ether oxygens (including phenoxy) is 1. The quantitative estimate of drug-likeness (QED) is 0.907. The molecule has 0 aromatic heterocycles. The Hall–Kier alpha value is -1.16. The summed E-state index contributed by atoms with van der Waals surface area (Å²) >= 11 is 1.86. The summed E-state index contributed by atoms with van der Waals surface area (Å²) in [5, 5.41) is 4.51. The minimum absolute atomic E-state index is 0.214. The number of rotatable bonds is 3. The van der Waals surface area contributed by atoms with Crippen molar-refractivity contribution < 1.29 is 4.74 Å². The van der Waals surface area contributed by atoms with Crippen molar-refractivity contribution in [3.8, 4) is 5.75 Å². The lowest BCUT2D eigenvalue weighted by molar-refractivity contribution is 0.242. The maximum atomic E-state index is 5.65. The summed E-state index contributed by atoms with van der Waals surface area (Å²) in [6, 6.07) is 8.69. The normalized spacial score (nSPS) is 25.2. The average molecular weight is 290 g/mol. The van der Waals surface area contributed by atoms with Gasteiger partial charge in [-0.1, -0.05) is 18.2 Å². The van der Waals surface area contributed by atoms with Crippen LogP contribution >= 0.6 is 11.8 Å². The van der Waals surface area contributed by atoms with Crippen LogP contribution in [0.3, 0.4) is 0 Å². The number of benzene rings is 1. The van der Waals surface area contributed by atoms with E-state index in [9.17, 15) is 0 Å². The summed E-state index contributed by atoms with van der Waals surface area (Å²) in [6.07, 6.45) is 4.17. The second kappa shape index (κ2) is 6.08. The van der Waals surface area contributed by atoms with Gasteiger partial charge < -0.3 is 10.1 Å². The molecule has 1 N–H and O–H groups in total. The highest BCUT2D eigenvalue weighted by molar-refractivity contribution is 8.14. The molecule has 108 valence electrons. The smallest absolute Gasteiger partial charge is 0.161 e. The maximum absolute atomic E-state index is 5.65. The fourth-order valence-electron chi connectivity index (χ4n) is 2.84. The Kier molecular flexibility index (Phi) is 4.20. The molecule has 3 nitrogen and oxygen atoms in total. The van der Waals surface area contributed by atoms with Crippen molar-refractivity contribution in [3.05, 3.63) is 24.3 Å².